The first kappa shape index (κ1) is 23.1. The summed E-state index contributed by atoms with van der Waals surface area (Å²) < 4.78 is 28.7. The van der Waals surface area contributed by atoms with Crippen LogP contribution in [0.1, 0.15) is 18.4 Å². The normalized spacial score (nSPS) is 17.9. The second-order valence-electron chi connectivity index (χ2n) is 7.80. The molecule has 1 saturated heterocycles. The van der Waals surface area contributed by atoms with E-state index < -0.39 is 9.84 Å². The van der Waals surface area contributed by atoms with Gasteiger partial charge in [-0.3, -0.25) is 9.89 Å². The maximum absolute atomic E-state index is 11.5. The zero-order valence-electron chi connectivity index (χ0n) is 18.3. The molecular formula is C23H32N4O3S. The number of rotatable bonds is 8. The van der Waals surface area contributed by atoms with Gasteiger partial charge in [-0.25, -0.2) is 8.42 Å². The minimum absolute atomic E-state index is 0.288. The molecule has 0 bridgehead atoms. The van der Waals surface area contributed by atoms with Gasteiger partial charge in [0, 0.05) is 32.4 Å². The van der Waals surface area contributed by atoms with Gasteiger partial charge in [-0.15, -0.1) is 0 Å². The van der Waals surface area contributed by atoms with Crippen molar-refractivity contribution < 1.29 is 13.2 Å². The lowest BCUT2D eigenvalue weighted by Gasteiger charge is -2.34. The number of hydrogen-bond acceptors (Lipinski definition) is 5. The van der Waals surface area contributed by atoms with Gasteiger partial charge in [0.05, 0.1) is 11.4 Å². The van der Waals surface area contributed by atoms with Crippen molar-refractivity contribution in [1.29, 1.82) is 0 Å². The molecule has 1 fully saturated rings. The minimum atomic E-state index is -3.19. The molecule has 1 heterocycles. The van der Waals surface area contributed by atoms with Crippen LogP contribution in [0.3, 0.4) is 0 Å². The summed E-state index contributed by atoms with van der Waals surface area (Å²) >= 11 is 0. The van der Waals surface area contributed by atoms with Crippen LogP contribution in [0.25, 0.3) is 0 Å². The molecule has 0 aromatic heterocycles. The Labute approximate surface area is 185 Å². The number of nitrogens with zero attached hydrogens (tertiary/aromatic N) is 2. The van der Waals surface area contributed by atoms with Gasteiger partial charge in [0.25, 0.3) is 0 Å². The van der Waals surface area contributed by atoms with Crippen LogP contribution in [0.2, 0.25) is 0 Å². The minimum Gasteiger partial charge on any atom is -0.492 e. The third kappa shape index (κ3) is 7.56. The van der Waals surface area contributed by atoms with Crippen LogP contribution in [-0.4, -0.2) is 64.9 Å². The van der Waals surface area contributed by atoms with E-state index >= 15 is 0 Å². The van der Waals surface area contributed by atoms with Gasteiger partial charge in [-0.1, -0.05) is 30.3 Å². The molecule has 0 saturated carbocycles. The Hall–Kier alpha value is -2.58. The Kier molecular flexibility index (Phi) is 8.31. The molecule has 2 aromatic rings. The molecule has 0 spiro atoms. The van der Waals surface area contributed by atoms with Gasteiger partial charge >= 0.3 is 0 Å². The zero-order chi connectivity index (χ0) is 22.1. The van der Waals surface area contributed by atoms with E-state index in [0.717, 1.165) is 38.4 Å². The highest BCUT2D eigenvalue weighted by molar-refractivity contribution is 7.90. The average Bonchev–Trinajstić information content (AvgIpc) is 2.76. The Morgan fingerprint density at radius 3 is 2.58 bits per heavy atom. The molecule has 8 heteroatoms. The summed E-state index contributed by atoms with van der Waals surface area (Å²) in [6, 6.07) is 17.4. The van der Waals surface area contributed by atoms with Gasteiger partial charge < -0.3 is 15.4 Å². The summed E-state index contributed by atoms with van der Waals surface area (Å²) in [5.74, 6) is 1.41. The Balaban J connectivity index is 1.40. The van der Waals surface area contributed by atoms with Crippen molar-refractivity contribution in [2.45, 2.75) is 30.3 Å². The lowest BCUT2D eigenvalue weighted by Crippen LogP contribution is -2.51. The van der Waals surface area contributed by atoms with Crippen LogP contribution in [-0.2, 0) is 16.4 Å². The van der Waals surface area contributed by atoms with Gasteiger partial charge in [0.15, 0.2) is 15.8 Å². The number of piperidine rings is 1. The summed E-state index contributed by atoms with van der Waals surface area (Å²) in [5, 5.41) is 6.81. The van der Waals surface area contributed by atoms with Gasteiger partial charge in [-0.05, 0) is 49.2 Å². The lowest BCUT2D eigenvalue weighted by molar-refractivity contribution is 0.192. The van der Waals surface area contributed by atoms with Gasteiger partial charge in [0.1, 0.15) is 12.4 Å². The van der Waals surface area contributed by atoms with Crippen LogP contribution >= 0.6 is 0 Å². The molecule has 1 aliphatic rings. The van der Waals surface area contributed by atoms with Crippen LogP contribution < -0.4 is 15.4 Å². The third-order valence-corrected chi connectivity index (χ3v) is 6.36. The fraction of sp³-hybridized carbons (Fsp3) is 0.435. The molecule has 1 atom stereocenters. The predicted molar refractivity (Wildman–Crippen MR) is 124 cm³/mol. The van der Waals surface area contributed by atoms with E-state index in [0.29, 0.717) is 24.9 Å². The number of guanidine groups is 1. The average molecular weight is 445 g/mol. The van der Waals surface area contributed by atoms with Crippen LogP contribution in [0.4, 0.5) is 0 Å². The molecular weight excluding hydrogens is 412 g/mol. The first-order chi connectivity index (χ1) is 14.9. The number of benzene rings is 2. The van der Waals surface area contributed by atoms with Gasteiger partial charge in [-0.2, -0.15) is 0 Å². The first-order valence-corrected chi connectivity index (χ1v) is 12.5. The van der Waals surface area contributed by atoms with E-state index in [1.54, 1.807) is 31.3 Å². The van der Waals surface area contributed by atoms with Gasteiger partial charge in [0.2, 0.25) is 0 Å². The first-order valence-electron chi connectivity index (χ1n) is 10.6. The van der Waals surface area contributed by atoms with E-state index in [2.05, 4.69) is 44.8 Å². The van der Waals surface area contributed by atoms with E-state index in [-0.39, 0.29) is 4.90 Å². The number of aliphatic imine (C=N–C) groups is 1. The van der Waals surface area contributed by atoms with E-state index in [1.807, 2.05) is 6.07 Å². The summed E-state index contributed by atoms with van der Waals surface area (Å²) in [6.07, 6.45) is 3.47. The molecule has 3 rings (SSSR count). The Morgan fingerprint density at radius 2 is 1.90 bits per heavy atom. The predicted octanol–water partition coefficient (Wildman–Crippen LogP) is 2.30. The number of nitrogens with one attached hydrogen (secondary N) is 2. The Bertz CT molecular complexity index is 947. The molecule has 2 N–H and O–H groups in total. The van der Waals surface area contributed by atoms with Crippen molar-refractivity contribution in [3.8, 4) is 5.75 Å². The monoisotopic (exact) mass is 444 g/mol. The second kappa shape index (κ2) is 11.2. The smallest absolute Gasteiger partial charge is 0.191 e. The van der Waals surface area contributed by atoms with Crippen LogP contribution in [0.5, 0.6) is 5.75 Å². The maximum atomic E-state index is 11.5. The summed E-state index contributed by atoms with van der Waals surface area (Å²) in [4.78, 5) is 7.10. The molecule has 2 aromatic carbocycles. The second-order valence-corrected chi connectivity index (χ2v) is 9.81. The van der Waals surface area contributed by atoms with Crippen LogP contribution in [0.15, 0.2) is 64.5 Å². The van der Waals surface area contributed by atoms with Crippen molar-refractivity contribution in [1.82, 2.24) is 15.5 Å². The molecule has 0 radical (unpaired) electrons. The van der Waals surface area contributed by atoms with Crippen molar-refractivity contribution >= 4 is 15.8 Å². The standard InChI is InChI=1S/C23H32N4O3S/c1-24-23(25-14-16-30-21-10-12-22(13-11-21)31(2,28)29)26-20-9-6-15-27(18-20)17-19-7-4-3-5-8-19/h3-5,7-8,10-13,20H,6,9,14-18H2,1-2H3,(H2,24,25,26). The fourth-order valence-corrected chi connectivity index (χ4v) is 4.30. The number of sulfone groups is 1. The maximum Gasteiger partial charge on any atom is 0.191 e. The highest BCUT2D eigenvalue weighted by Gasteiger charge is 2.20. The molecule has 168 valence electrons. The van der Waals surface area contributed by atoms with Crippen molar-refractivity contribution in [3.63, 3.8) is 0 Å². The molecule has 0 aliphatic carbocycles. The van der Waals surface area contributed by atoms with E-state index in [1.165, 1.54) is 11.8 Å². The molecule has 1 aliphatic heterocycles. The summed E-state index contributed by atoms with van der Waals surface area (Å²) in [7, 11) is -1.42. The number of ether oxygens (including phenoxy) is 1. The summed E-state index contributed by atoms with van der Waals surface area (Å²) in [6.45, 7) is 4.11. The molecule has 1 unspecified atom stereocenters. The quantitative estimate of drug-likeness (QED) is 0.369. The largest absolute Gasteiger partial charge is 0.492 e. The fourth-order valence-electron chi connectivity index (χ4n) is 3.67. The van der Waals surface area contributed by atoms with Crippen molar-refractivity contribution in [2.75, 3.05) is 39.5 Å². The van der Waals surface area contributed by atoms with E-state index in [4.69, 9.17) is 4.74 Å². The van der Waals surface area contributed by atoms with Crippen molar-refractivity contribution in [3.05, 3.63) is 60.2 Å². The topological polar surface area (TPSA) is 83.0 Å². The van der Waals surface area contributed by atoms with Crippen LogP contribution in [0, 0.1) is 0 Å². The Morgan fingerprint density at radius 1 is 1.16 bits per heavy atom. The highest BCUT2D eigenvalue weighted by atomic mass is 32.2. The van der Waals surface area contributed by atoms with E-state index in [9.17, 15) is 8.42 Å². The lowest BCUT2D eigenvalue weighted by atomic mass is 10.0. The molecule has 0 amide bonds. The molecule has 31 heavy (non-hydrogen) atoms. The molecule has 7 nitrogen and oxygen atoms in total. The van der Waals surface area contributed by atoms with Crippen molar-refractivity contribution in [2.24, 2.45) is 4.99 Å². The SMILES string of the molecule is CN=C(NCCOc1ccc(S(C)(=O)=O)cc1)NC1CCCN(Cc2ccccc2)C1. The number of likely N-dealkylation sites (tertiary alicyclic amines) is 1. The highest BCUT2D eigenvalue weighted by Crippen LogP contribution is 2.16. The third-order valence-electron chi connectivity index (χ3n) is 5.23. The number of hydrogen-bond donors (Lipinski definition) is 2. The zero-order valence-corrected chi connectivity index (χ0v) is 19.1. The summed E-state index contributed by atoms with van der Waals surface area (Å²) in [5.41, 5.74) is 1.34.